The number of nitrogens with one attached hydrogen (secondary N) is 2. The summed E-state index contributed by atoms with van der Waals surface area (Å²) in [5.74, 6) is -0.455. The summed E-state index contributed by atoms with van der Waals surface area (Å²) in [6, 6.07) is 13.8. The highest BCUT2D eigenvalue weighted by Crippen LogP contribution is 2.35. The maximum absolute atomic E-state index is 11.7. The molecule has 0 aliphatic carbocycles. The molecule has 150 valence electrons. The first-order chi connectivity index (χ1) is 14.5. The number of esters is 1. The Bertz CT molecular complexity index is 1210. The molecule has 0 bridgehead atoms. The molecule has 0 amide bonds. The first-order valence-electron chi connectivity index (χ1n) is 8.62. The molecule has 2 heterocycles. The summed E-state index contributed by atoms with van der Waals surface area (Å²) < 4.78 is 5.60. The monoisotopic (exact) mass is 422 g/mol. The van der Waals surface area contributed by atoms with Crippen molar-refractivity contribution in [3.8, 4) is 0 Å². The summed E-state index contributed by atoms with van der Waals surface area (Å²) in [6.45, 7) is 0. The molecule has 2 aromatic carbocycles. The third-order valence-electron chi connectivity index (χ3n) is 4.09. The third-order valence-corrected chi connectivity index (χ3v) is 5.04. The van der Waals surface area contributed by atoms with Gasteiger partial charge in [-0.15, -0.1) is 0 Å². The molecule has 0 atom stereocenters. The molecule has 0 spiro atoms. The van der Waals surface area contributed by atoms with Gasteiger partial charge >= 0.3 is 11.7 Å². The summed E-state index contributed by atoms with van der Waals surface area (Å²) in [5.41, 5.74) is 1.33. The normalized spacial score (nSPS) is 10.6. The van der Waals surface area contributed by atoms with Gasteiger partial charge in [-0.25, -0.2) is 19.7 Å². The smallest absolute Gasteiger partial charge is 0.353 e. The SMILES string of the molecule is COC(=O)c1ccc(Nc2ncnc(Nc3nc4ccccc4s3)c2[N+](=O)[O-])cc1. The van der Waals surface area contributed by atoms with Gasteiger partial charge in [-0.2, -0.15) is 0 Å². The molecular formula is C19H14N6O4S. The summed E-state index contributed by atoms with van der Waals surface area (Å²) in [5, 5.41) is 18.0. The lowest BCUT2D eigenvalue weighted by molar-refractivity contribution is -0.383. The molecule has 0 radical (unpaired) electrons. The van der Waals surface area contributed by atoms with Gasteiger partial charge in [0.25, 0.3) is 0 Å². The number of fused-ring (bicyclic) bond motifs is 1. The first-order valence-corrected chi connectivity index (χ1v) is 9.44. The number of methoxy groups -OCH3 is 1. The molecule has 2 N–H and O–H groups in total. The number of hydrogen-bond donors (Lipinski definition) is 2. The van der Waals surface area contributed by atoms with Crippen molar-refractivity contribution < 1.29 is 14.5 Å². The van der Waals surface area contributed by atoms with Gasteiger partial charge in [0.15, 0.2) is 5.13 Å². The van der Waals surface area contributed by atoms with Crippen LogP contribution in [-0.4, -0.2) is 33.0 Å². The number of rotatable bonds is 6. The average molecular weight is 422 g/mol. The molecule has 0 saturated carbocycles. The van der Waals surface area contributed by atoms with Crippen molar-refractivity contribution in [3.05, 3.63) is 70.5 Å². The first kappa shape index (κ1) is 19.2. The van der Waals surface area contributed by atoms with Crippen molar-refractivity contribution in [3.63, 3.8) is 0 Å². The largest absolute Gasteiger partial charge is 0.465 e. The van der Waals surface area contributed by atoms with E-state index >= 15 is 0 Å². The van der Waals surface area contributed by atoms with Gasteiger partial charge in [0, 0.05) is 5.69 Å². The lowest BCUT2D eigenvalue weighted by atomic mass is 10.2. The van der Waals surface area contributed by atoms with E-state index in [0.29, 0.717) is 16.4 Å². The van der Waals surface area contributed by atoms with Crippen LogP contribution in [0.4, 0.5) is 28.1 Å². The van der Waals surface area contributed by atoms with E-state index in [1.54, 1.807) is 24.3 Å². The van der Waals surface area contributed by atoms with E-state index in [-0.39, 0.29) is 17.3 Å². The summed E-state index contributed by atoms with van der Waals surface area (Å²) in [7, 11) is 1.29. The lowest BCUT2D eigenvalue weighted by Crippen LogP contribution is -2.06. The number of benzene rings is 2. The van der Waals surface area contributed by atoms with Crippen LogP contribution < -0.4 is 10.6 Å². The molecular weight excluding hydrogens is 408 g/mol. The minimum absolute atomic E-state index is 0.00410. The number of para-hydroxylation sites is 1. The summed E-state index contributed by atoms with van der Waals surface area (Å²) in [4.78, 5) is 35.2. The van der Waals surface area contributed by atoms with Gasteiger partial charge in [-0.3, -0.25) is 10.1 Å². The predicted octanol–water partition coefficient (Wildman–Crippen LogP) is 4.27. The minimum atomic E-state index is -0.569. The van der Waals surface area contributed by atoms with Gasteiger partial charge in [-0.05, 0) is 36.4 Å². The van der Waals surface area contributed by atoms with E-state index in [2.05, 4.69) is 30.3 Å². The van der Waals surface area contributed by atoms with Crippen LogP contribution in [0.2, 0.25) is 0 Å². The van der Waals surface area contributed by atoms with E-state index < -0.39 is 10.9 Å². The van der Waals surface area contributed by atoms with Gasteiger partial charge in [0.05, 0.1) is 27.8 Å². The Morgan fingerprint density at radius 3 is 2.43 bits per heavy atom. The summed E-state index contributed by atoms with van der Waals surface area (Å²) >= 11 is 1.36. The van der Waals surface area contributed by atoms with Gasteiger partial charge in [-0.1, -0.05) is 23.5 Å². The molecule has 30 heavy (non-hydrogen) atoms. The number of nitro groups is 1. The lowest BCUT2D eigenvalue weighted by Gasteiger charge is -2.09. The van der Waals surface area contributed by atoms with E-state index in [0.717, 1.165) is 10.2 Å². The Hall–Kier alpha value is -4.12. The Morgan fingerprint density at radius 1 is 1.07 bits per heavy atom. The average Bonchev–Trinajstić information content (AvgIpc) is 3.16. The van der Waals surface area contributed by atoms with Crippen molar-refractivity contribution in [2.75, 3.05) is 17.7 Å². The highest BCUT2D eigenvalue weighted by atomic mass is 32.1. The second-order valence-corrected chi connectivity index (χ2v) is 7.01. The number of hydrogen-bond acceptors (Lipinski definition) is 10. The Labute approximate surface area is 173 Å². The Balaban J connectivity index is 1.64. The number of nitrogens with zero attached hydrogens (tertiary/aromatic N) is 4. The van der Waals surface area contributed by atoms with E-state index in [1.807, 2.05) is 24.3 Å². The number of carbonyl (C=O) groups excluding carboxylic acids is 1. The van der Waals surface area contributed by atoms with Crippen LogP contribution in [0, 0.1) is 10.1 Å². The zero-order valence-electron chi connectivity index (χ0n) is 15.5. The standard InChI is InChI=1S/C19H14N6O4S/c1-29-18(26)11-6-8-12(9-7-11)22-16-15(25(27)28)17(21-10-20-16)24-19-23-13-4-2-3-5-14(13)30-19/h2-10H,1H3,(H2,20,21,22,23,24). The van der Waals surface area contributed by atoms with Gasteiger partial charge in [0.2, 0.25) is 11.6 Å². The molecule has 0 aliphatic heterocycles. The van der Waals surface area contributed by atoms with Crippen LogP contribution in [0.15, 0.2) is 54.9 Å². The van der Waals surface area contributed by atoms with Crippen molar-refractivity contribution >= 4 is 55.7 Å². The highest BCUT2D eigenvalue weighted by molar-refractivity contribution is 7.22. The summed E-state index contributed by atoms with van der Waals surface area (Å²) in [6.07, 6.45) is 1.22. The van der Waals surface area contributed by atoms with Crippen molar-refractivity contribution in [2.24, 2.45) is 0 Å². The quantitative estimate of drug-likeness (QED) is 0.265. The number of thiazole rings is 1. The van der Waals surface area contributed by atoms with Crippen molar-refractivity contribution in [1.82, 2.24) is 15.0 Å². The molecule has 0 saturated heterocycles. The maximum Gasteiger partial charge on any atom is 0.353 e. The van der Waals surface area contributed by atoms with Crippen molar-refractivity contribution in [1.29, 1.82) is 0 Å². The molecule has 10 nitrogen and oxygen atoms in total. The third kappa shape index (κ3) is 3.86. The van der Waals surface area contributed by atoms with Crippen LogP contribution in [0.5, 0.6) is 0 Å². The molecule has 4 rings (SSSR count). The van der Waals surface area contributed by atoms with Crippen LogP contribution in [0.25, 0.3) is 10.2 Å². The second kappa shape index (κ2) is 8.09. The molecule has 0 unspecified atom stereocenters. The Morgan fingerprint density at radius 2 is 1.77 bits per heavy atom. The zero-order chi connectivity index (χ0) is 21.1. The topological polar surface area (TPSA) is 132 Å². The maximum atomic E-state index is 11.7. The number of aromatic nitrogens is 3. The fraction of sp³-hybridized carbons (Fsp3) is 0.0526. The molecule has 0 fully saturated rings. The second-order valence-electron chi connectivity index (χ2n) is 5.98. The predicted molar refractivity (Wildman–Crippen MR) is 113 cm³/mol. The van der Waals surface area contributed by atoms with Crippen molar-refractivity contribution in [2.45, 2.75) is 0 Å². The van der Waals surface area contributed by atoms with Crippen LogP contribution in [0.3, 0.4) is 0 Å². The molecule has 2 aromatic heterocycles. The molecule has 4 aromatic rings. The van der Waals surface area contributed by atoms with E-state index in [9.17, 15) is 14.9 Å². The van der Waals surface area contributed by atoms with Crippen LogP contribution >= 0.6 is 11.3 Å². The van der Waals surface area contributed by atoms with Crippen LogP contribution in [0.1, 0.15) is 10.4 Å². The number of carbonyl (C=O) groups is 1. The zero-order valence-corrected chi connectivity index (χ0v) is 16.3. The number of anilines is 4. The minimum Gasteiger partial charge on any atom is -0.465 e. The van der Waals surface area contributed by atoms with Crippen LogP contribution in [-0.2, 0) is 4.74 Å². The van der Waals surface area contributed by atoms with Gasteiger partial charge < -0.3 is 15.4 Å². The highest BCUT2D eigenvalue weighted by Gasteiger charge is 2.24. The van der Waals surface area contributed by atoms with Gasteiger partial charge in [0.1, 0.15) is 6.33 Å². The number of ether oxygens (including phenoxy) is 1. The fourth-order valence-electron chi connectivity index (χ4n) is 2.71. The molecule has 11 heteroatoms. The Kier molecular flexibility index (Phi) is 5.18. The van der Waals surface area contributed by atoms with E-state index in [4.69, 9.17) is 0 Å². The fourth-order valence-corrected chi connectivity index (χ4v) is 3.57. The molecule has 0 aliphatic rings. The van der Waals surface area contributed by atoms with E-state index in [1.165, 1.54) is 24.8 Å².